The molecule has 0 aliphatic rings. The highest BCUT2D eigenvalue weighted by Crippen LogP contribution is 2.49. The number of hydrogen-bond acceptors (Lipinski definition) is 2. The maximum absolute atomic E-state index is 6.72. The van der Waals surface area contributed by atoms with E-state index in [-0.39, 0.29) is 0 Å². The van der Waals surface area contributed by atoms with Gasteiger partial charge >= 0.3 is 0 Å². The zero-order chi connectivity index (χ0) is 24.5. The fourth-order valence-corrected chi connectivity index (χ4v) is 8.22. The van der Waals surface area contributed by atoms with Gasteiger partial charge < -0.3 is 10.8 Å². The molecule has 36 heavy (non-hydrogen) atoms. The molecule has 4 heteroatoms. The van der Waals surface area contributed by atoms with Gasteiger partial charge in [0.2, 0.25) is 0 Å². The van der Waals surface area contributed by atoms with E-state index in [4.69, 9.17) is 17.5 Å². The lowest BCUT2D eigenvalue weighted by atomic mass is 9.91. The Balaban J connectivity index is 1.66. The molecule has 0 spiro atoms. The van der Waals surface area contributed by atoms with Crippen molar-refractivity contribution in [1.82, 2.24) is 0 Å². The fourth-order valence-electron chi connectivity index (χ4n) is 4.93. The topological polar surface area (TPSA) is 38.0 Å². The Morgan fingerprint density at radius 2 is 0.972 bits per heavy atom. The van der Waals surface area contributed by atoms with Crippen LogP contribution in [-0.2, 0) is 11.8 Å². The van der Waals surface area contributed by atoms with E-state index in [0.717, 1.165) is 54.7 Å². The molecule has 6 aromatic carbocycles. The van der Waals surface area contributed by atoms with Gasteiger partial charge in [0.05, 0.1) is 6.19 Å². The molecular weight excluding hydrogens is 475 g/mol. The first kappa shape index (κ1) is 22.5. The van der Waals surface area contributed by atoms with Crippen molar-refractivity contribution in [2.24, 2.45) is 0 Å². The Bertz CT molecular complexity index is 1700. The summed E-state index contributed by atoms with van der Waals surface area (Å²) in [5, 5.41) is 10.8. The summed E-state index contributed by atoms with van der Waals surface area (Å²) in [5.74, 6) is 0. The summed E-state index contributed by atoms with van der Waals surface area (Å²) in [4.78, 5) is 0. The Hall–Kier alpha value is -3.91. The van der Waals surface area contributed by atoms with Gasteiger partial charge in [-0.1, -0.05) is 133 Å². The van der Waals surface area contributed by atoms with E-state index in [0.29, 0.717) is 0 Å². The molecule has 0 atom stereocenters. The molecule has 0 radical (unpaired) electrons. The number of nitrogens with two attached hydrogens (primary N) is 1. The largest absolute Gasteiger partial charge is 0.398 e. The van der Waals surface area contributed by atoms with Gasteiger partial charge in [0.25, 0.3) is 0 Å². The van der Waals surface area contributed by atoms with Crippen LogP contribution in [0.1, 0.15) is 0 Å². The third-order valence-corrected chi connectivity index (χ3v) is 10.8. The molecule has 0 aromatic heterocycles. The SMILES string of the molecule is Nc1ccc2ccccc2c1-c1c(NP(=S)(c2ccccc2)c2ccccc2)ccc2ccccc12. The van der Waals surface area contributed by atoms with Crippen LogP contribution in [0.25, 0.3) is 32.7 Å². The predicted molar refractivity (Wildman–Crippen MR) is 161 cm³/mol. The predicted octanol–water partition coefficient (Wildman–Crippen LogP) is 7.70. The quantitative estimate of drug-likeness (QED) is 0.188. The van der Waals surface area contributed by atoms with E-state index in [1.165, 1.54) is 0 Å². The second-order valence-electron chi connectivity index (χ2n) is 8.85. The molecule has 0 saturated heterocycles. The van der Waals surface area contributed by atoms with Crippen molar-refractivity contribution in [2.75, 3.05) is 10.8 Å². The molecule has 0 amide bonds. The molecule has 0 saturated carbocycles. The minimum Gasteiger partial charge on any atom is -0.398 e. The summed E-state index contributed by atoms with van der Waals surface area (Å²) in [7, 11) is 0. The summed E-state index contributed by atoms with van der Waals surface area (Å²) >= 11 is 6.55. The van der Waals surface area contributed by atoms with E-state index in [9.17, 15) is 0 Å². The van der Waals surface area contributed by atoms with E-state index in [1.54, 1.807) is 0 Å². The third kappa shape index (κ3) is 3.87. The van der Waals surface area contributed by atoms with Gasteiger partial charge in [-0.2, -0.15) is 0 Å². The summed E-state index contributed by atoms with van der Waals surface area (Å²) in [6.07, 6.45) is -2.40. The van der Waals surface area contributed by atoms with Crippen molar-refractivity contribution in [1.29, 1.82) is 0 Å². The second kappa shape index (κ2) is 9.28. The normalized spacial score (nSPS) is 11.6. The standard InChI is InChI=1S/C32H25N2PS/c33-29-21-19-23-11-7-9-17-27(23)31(29)32-28-18-10-8-12-24(28)20-22-30(32)34-35(36,25-13-3-1-4-14-25)26-15-5-2-6-16-26/h1-22H,33H2,(H,34,36). The van der Waals surface area contributed by atoms with E-state index in [2.05, 4.69) is 120 Å². The lowest BCUT2D eigenvalue weighted by molar-refractivity contribution is 1.65. The molecule has 0 unspecified atom stereocenters. The van der Waals surface area contributed by atoms with Gasteiger partial charge in [-0.05, 0) is 33.7 Å². The van der Waals surface area contributed by atoms with Crippen LogP contribution in [0.5, 0.6) is 0 Å². The minimum absolute atomic E-state index is 0.751. The third-order valence-electron chi connectivity index (χ3n) is 6.66. The molecule has 0 bridgehead atoms. The Labute approximate surface area is 216 Å². The average molecular weight is 501 g/mol. The zero-order valence-corrected chi connectivity index (χ0v) is 21.3. The first-order valence-electron chi connectivity index (χ1n) is 11.9. The van der Waals surface area contributed by atoms with Crippen molar-refractivity contribution >= 4 is 61.5 Å². The first-order chi connectivity index (χ1) is 17.6. The molecule has 2 nitrogen and oxygen atoms in total. The minimum atomic E-state index is -2.40. The number of fused-ring (bicyclic) bond motifs is 2. The van der Waals surface area contributed by atoms with Crippen molar-refractivity contribution in [3.05, 3.63) is 133 Å². The molecule has 0 aliphatic carbocycles. The van der Waals surface area contributed by atoms with Crippen molar-refractivity contribution in [2.45, 2.75) is 0 Å². The Morgan fingerprint density at radius 1 is 0.500 bits per heavy atom. The van der Waals surface area contributed by atoms with Gasteiger partial charge in [0.15, 0.2) is 0 Å². The number of rotatable bonds is 5. The van der Waals surface area contributed by atoms with Crippen LogP contribution in [0.15, 0.2) is 133 Å². The van der Waals surface area contributed by atoms with Crippen LogP contribution in [0.2, 0.25) is 0 Å². The van der Waals surface area contributed by atoms with E-state index >= 15 is 0 Å². The molecule has 0 heterocycles. The highest BCUT2D eigenvalue weighted by Gasteiger charge is 2.25. The maximum Gasteiger partial charge on any atom is 0.0903 e. The molecule has 0 aliphatic heterocycles. The van der Waals surface area contributed by atoms with E-state index < -0.39 is 6.19 Å². The van der Waals surface area contributed by atoms with Gasteiger partial charge in [0.1, 0.15) is 0 Å². The average Bonchev–Trinajstić information content (AvgIpc) is 2.94. The summed E-state index contributed by atoms with van der Waals surface area (Å²) in [6.45, 7) is 0. The van der Waals surface area contributed by atoms with Gasteiger partial charge in [-0.25, -0.2) is 0 Å². The van der Waals surface area contributed by atoms with Crippen LogP contribution in [0.3, 0.4) is 0 Å². The summed E-state index contributed by atoms with van der Waals surface area (Å²) in [5.41, 5.74) is 10.6. The smallest absolute Gasteiger partial charge is 0.0903 e. The highest BCUT2D eigenvalue weighted by molar-refractivity contribution is 8.22. The van der Waals surface area contributed by atoms with Crippen LogP contribution in [-0.4, -0.2) is 0 Å². The van der Waals surface area contributed by atoms with Crippen LogP contribution >= 0.6 is 6.19 Å². The Morgan fingerprint density at radius 3 is 1.56 bits per heavy atom. The van der Waals surface area contributed by atoms with Crippen molar-refractivity contribution < 1.29 is 0 Å². The number of nitrogen functional groups attached to an aromatic ring is 1. The number of anilines is 2. The zero-order valence-electron chi connectivity index (χ0n) is 19.6. The molecule has 6 rings (SSSR count). The van der Waals surface area contributed by atoms with Crippen LogP contribution in [0.4, 0.5) is 11.4 Å². The molecule has 3 N–H and O–H groups in total. The number of hydrogen-bond donors (Lipinski definition) is 2. The molecular formula is C32H25N2PS. The number of benzene rings is 6. The van der Waals surface area contributed by atoms with E-state index in [1.807, 2.05) is 18.2 Å². The lowest BCUT2D eigenvalue weighted by Gasteiger charge is -2.28. The first-order valence-corrected chi connectivity index (χ1v) is 14.7. The molecule has 0 fully saturated rings. The van der Waals surface area contributed by atoms with Gasteiger partial charge in [0, 0.05) is 33.1 Å². The Kier molecular flexibility index (Phi) is 5.81. The van der Waals surface area contributed by atoms with Crippen molar-refractivity contribution in [3.63, 3.8) is 0 Å². The van der Waals surface area contributed by atoms with Gasteiger partial charge in [-0.15, -0.1) is 0 Å². The highest BCUT2D eigenvalue weighted by atomic mass is 32.4. The van der Waals surface area contributed by atoms with Crippen molar-refractivity contribution in [3.8, 4) is 11.1 Å². The van der Waals surface area contributed by atoms with Gasteiger partial charge in [-0.3, -0.25) is 0 Å². The summed E-state index contributed by atoms with van der Waals surface area (Å²) < 4.78 is 0. The number of nitrogens with one attached hydrogen (secondary N) is 1. The maximum atomic E-state index is 6.72. The lowest BCUT2D eigenvalue weighted by Crippen LogP contribution is -2.21. The van der Waals surface area contributed by atoms with Crippen LogP contribution in [0, 0.1) is 0 Å². The monoisotopic (exact) mass is 500 g/mol. The molecule has 6 aromatic rings. The van der Waals surface area contributed by atoms with Crippen LogP contribution < -0.4 is 21.4 Å². The molecule has 174 valence electrons. The summed E-state index contributed by atoms with van der Waals surface area (Å²) in [6, 6.07) is 46.2. The second-order valence-corrected chi connectivity index (χ2v) is 13.0. The fraction of sp³-hybridized carbons (Fsp3) is 0.